The van der Waals surface area contributed by atoms with Gasteiger partial charge in [-0.2, -0.15) is 0 Å². The fourth-order valence-electron chi connectivity index (χ4n) is 6.64. The Bertz CT molecular complexity index is 1370. The lowest BCUT2D eigenvalue weighted by molar-refractivity contribution is -0.144. The number of rotatable bonds is 7. The van der Waals surface area contributed by atoms with Crippen molar-refractivity contribution in [2.45, 2.75) is 69.4 Å². The van der Waals surface area contributed by atoms with Crippen molar-refractivity contribution in [2.24, 2.45) is 11.1 Å². The predicted octanol–water partition coefficient (Wildman–Crippen LogP) is 4.88. The van der Waals surface area contributed by atoms with Crippen LogP contribution in [-0.2, 0) is 15.1 Å². The molecule has 0 saturated heterocycles. The first-order valence-electron chi connectivity index (χ1n) is 14.1. The number of aromatic nitrogens is 2. The molecule has 1 aromatic heterocycles. The molecule has 0 bridgehead atoms. The van der Waals surface area contributed by atoms with Gasteiger partial charge in [0.05, 0.1) is 11.0 Å². The Labute approximate surface area is 236 Å². The van der Waals surface area contributed by atoms with E-state index in [1.54, 1.807) is 19.0 Å². The number of hydrogen-bond donors (Lipinski definition) is 3. The van der Waals surface area contributed by atoms with Crippen LogP contribution in [0.2, 0.25) is 0 Å². The molecule has 2 amide bonds. The fraction of sp³-hybridized carbons (Fsp3) is 0.438. The van der Waals surface area contributed by atoms with Crippen LogP contribution >= 0.6 is 0 Å². The van der Waals surface area contributed by atoms with E-state index in [1.807, 2.05) is 67.6 Å². The second-order valence-corrected chi connectivity index (χ2v) is 12.2. The van der Waals surface area contributed by atoms with Crippen molar-refractivity contribution in [1.29, 1.82) is 0 Å². The van der Waals surface area contributed by atoms with E-state index in [4.69, 9.17) is 5.73 Å². The summed E-state index contributed by atoms with van der Waals surface area (Å²) in [4.78, 5) is 27.9. The highest BCUT2D eigenvalue weighted by Crippen LogP contribution is 2.46. The van der Waals surface area contributed by atoms with Gasteiger partial charge in [0.1, 0.15) is 5.69 Å². The minimum Gasteiger partial charge on any atom is -0.390 e. The second kappa shape index (κ2) is 10.7. The molecule has 4 N–H and O–H groups in total. The lowest BCUT2D eigenvalue weighted by atomic mass is 9.63. The van der Waals surface area contributed by atoms with E-state index in [0.29, 0.717) is 24.4 Å². The standard InChI is InChI=1S/C32H39N5O3/c1-30(40)20-32(33,21-30)24-14-12-23(13-15-24)28-25(22-10-6-4-7-11-22)18-26(35-36-28)34-27(38)19-31(29(39)37(2)3)16-8-5-9-17-31/h4,6-7,10-15,18,40H,5,8-9,16-17,19-21,33H2,1-3H3,(H,34,35,38). The first-order chi connectivity index (χ1) is 19.0. The molecule has 1 heterocycles. The number of carbonyl (C=O) groups excluding carboxylic acids is 2. The Morgan fingerprint density at radius 2 is 1.60 bits per heavy atom. The van der Waals surface area contributed by atoms with Crippen LogP contribution in [-0.4, -0.2) is 51.7 Å². The van der Waals surface area contributed by atoms with Crippen LogP contribution < -0.4 is 11.1 Å². The first-order valence-corrected chi connectivity index (χ1v) is 14.1. The molecule has 2 aliphatic carbocycles. The maximum absolute atomic E-state index is 13.2. The molecule has 2 saturated carbocycles. The Morgan fingerprint density at radius 3 is 2.20 bits per heavy atom. The SMILES string of the molecule is CN(C)C(=O)C1(CC(=O)Nc2cc(-c3ccccc3)c(-c3ccc(C4(N)CC(C)(O)C4)cc3)nn2)CCCCC1. The van der Waals surface area contributed by atoms with Crippen molar-refractivity contribution >= 4 is 17.6 Å². The van der Waals surface area contributed by atoms with Gasteiger partial charge in [-0.15, -0.1) is 10.2 Å². The van der Waals surface area contributed by atoms with Crippen molar-refractivity contribution in [3.8, 4) is 22.4 Å². The normalized spacial score (nSPS) is 23.6. The highest BCUT2D eigenvalue weighted by atomic mass is 16.3. The topological polar surface area (TPSA) is 121 Å². The van der Waals surface area contributed by atoms with Crippen LogP contribution in [0, 0.1) is 5.41 Å². The molecule has 2 aromatic carbocycles. The molecule has 8 nitrogen and oxygen atoms in total. The van der Waals surface area contributed by atoms with E-state index >= 15 is 0 Å². The summed E-state index contributed by atoms with van der Waals surface area (Å²) in [6.07, 6.45) is 5.58. The van der Waals surface area contributed by atoms with E-state index < -0.39 is 16.6 Å². The van der Waals surface area contributed by atoms with Gasteiger partial charge < -0.3 is 21.1 Å². The number of nitrogens with zero attached hydrogens (tertiary/aromatic N) is 3. The highest BCUT2D eigenvalue weighted by molar-refractivity contribution is 5.96. The predicted molar refractivity (Wildman–Crippen MR) is 156 cm³/mol. The van der Waals surface area contributed by atoms with Crippen LogP contribution in [0.3, 0.4) is 0 Å². The van der Waals surface area contributed by atoms with E-state index in [9.17, 15) is 14.7 Å². The monoisotopic (exact) mass is 541 g/mol. The summed E-state index contributed by atoms with van der Waals surface area (Å²) in [5, 5.41) is 22.0. The Balaban J connectivity index is 1.41. The summed E-state index contributed by atoms with van der Waals surface area (Å²) < 4.78 is 0. The third kappa shape index (κ3) is 5.64. The van der Waals surface area contributed by atoms with Gasteiger partial charge >= 0.3 is 0 Å². The van der Waals surface area contributed by atoms with E-state index in [-0.39, 0.29) is 18.2 Å². The van der Waals surface area contributed by atoms with Crippen molar-refractivity contribution in [2.75, 3.05) is 19.4 Å². The van der Waals surface area contributed by atoms with Crippen molar-refractivity contribution < 1.29 is 14.7 Å². The minimum absolute atomic E-state index is 0.0157. The Morgan fingerprint density at radius 1 is 0.950 bits per heavy atom. The minimum atomic E-state index is -0.726. The van der Waals surface area contributed by atoms with Crippen LogP contribution in [0.25, 0.3) is 22.4 Å². The highest BCUT2D eigenvalue weighted by Gasteiger charge is 2.49. The van der Waals surface area contributed by atoms with E-state index in [1.165, 1.54) is 0 Å². The third-order valence-corrected chi connectivity index (χ3v) is 8.44. The molecule has 2 fully saturated rings. The van der Waals surface area contributed by atoms with E-state index in [0.717, 1.165) is 54.4 Å². The van der Waals surface area contributed by atoms with Crippen molar-refractivity contribution in [3.05, 3.63) is 66.2 Å². The Hall–Kier alpha value is -3.62. The maximum atomic E-state index is 13.2. The maximum Gasteiger partial charge on any atom is 0.228 e. The van der Waals surface area contributed by atoms with Gasteiger partial charge in [-0.05, 0) is 49.8 Å². The van der Waals surface area contributed by atoms with Gasteiger partial charge in [0.25, 0.3) is 0 Å². The molecule has 3 aromatic rings. The quantitative estimate of drug-likeness (QED) is 0.392. The number of amides is 2. The van der Waals surface area contributed by atoms with Gasteiger partial charge in [0, 0.05) is 37.2 Å². The zero-order valence-electron chi connectivity index (χ0n) is 23.6. The number of nitrogens with one attached hydrogen (secondary N) is 1. The van der Waals surface area contributed by atoms with Gasteiger partial charge in [-0.1, -0.05) is 73.9 Å². The van der Waals surface area contributed by atoms with Crippen LogP contribution in [0.4, 0.5) is 5.82 Å². The summed E-state index contributed by atoms with van der Waals surface area (Å²) in [6, 6.07) is 19.6. The summed E-state index contributed by atoms with van der Waals surface area (Å²) in [6.45, 7) is 1.81. The number of hydrogen-bond acceptors (Lipinski definition) is 6. The smallest absolute Gasteiger partial charge is 0.228 e. The van der Waals surface area contributed by atoms with Gasteiger partial charge in [-0.25, -0.2) is 0 Å². The zero-order valence-corrected chi connectivity index (χ0v) is 23.6. The number of carbonyl (C=O) groups is 2. The molecule has 0 aliphatic heterocycles. The number of aliphatic hydroxyl groups is 1. The van der Waals surface area contributed by atoms with Crippen molar-refractivity contribution in [1.82, 2.24) is 15.1 Å². The zero-order chi connectivity index (χ0) is 28.5. The summed E-state index contributed by atoms with van der Waals surface area (Å²) >= 11 is 0. The Kier molecular flexibility index (Phi) is 7.50. The van der Waals surface area contributed by atoms with Crippen LogP contribution in [0.5, 0.6) is 0 Å². The largest absolute Gasteiger partial charge is 0.390 e. The summed E-state index contributed by atoms with van der Waals surface area (Å²) in [5.41, 5.74) is 8.93. The number of nitrogens with two attached hydrogens (primary N) is 1. The third-order valence-electron chi connectivity index (χ3n) is 8.44. The van der Waals surface area contributed by atoms with Gasteiger partial charge in [-0.3, -0.25) is 9.59 Å². The van der Waals surface area contributed by atoms with Gasteiger partial charge in [0.15, 0.2) is 5.82 Å². The van der Waals surface area contributed by atoms with E-state index in [2.05, 4.69) is 15.5 Å². The molecule has 210 valence electrons. The second-order valence-electron chi connectivity index (χ2n) is 12.2. The number of benzene rings is 2. The average molecular weight is 542 g/mol. The summed E-state index contributed by atoms with van der Waals surface area (Å²) in [7, 11) is 3.51. The number of anilines is 1. The fourth-order valence-corrected chi connectivity index (χ4v) is 6.64. The lowest BCUT2D eigenvalue weighted by Crippen LogP contribution is -2.58. The molecule has 5 rings (SSSR count). The molecule has 40 heavy (non-hydrogen) atoms. The van der Waals surface area contributed by atoms with Crippen LogP contribution in [0.1, 0.15) is 63.9 Å². The molecule has 8 heteroatoms. The summed E-state index contributed by atoms with van der Waals surface area (Å²) in [5.74, 6) is 0.138. The lowest BCUT2D eigenvalue weighted by Gasteiger charge is -2.49. The first kappa shape index (κ1) is 27.9. The van der Waals surface area contributed by atoms with Crippen LogP contribution in [0.15, 0.2) is 60.7 Å². The van der Waals surface area contributed by atoms with Gasteiger partial charge in [0.2, 0.25) is 11.8 Å². The molecular weight excluding hydrogens is 502 g/mol. The molecule has 0 atom stereocenters. The van der Waals surface area contributed by atoms with Crippen molar-refractivity contribution in [3.63, 3.8) is 0 Å². The molecule has 2 aliphatic rings. The molecule has 0 radical (unpaired) electrons. The average Bonchev–Trinajstić information content (AvgIpc) is 2.92. The molecule has 0 spiro atoms. The molecular formula is C32H39N5O3. The molecule has 0 unspecified atom stereocenters.